The molecule has 0 amide bonds. The number of hydrogen-bond acceptors (Lipinski definition) is 3. The predicted octanol–water partition coefficient (Wildman–Crippen LogP) is 4.96. The Morgan fingerprint density at radius 3 is 2.10 bits per heavy atom. The second-order valence-electron chi connectivity index (χ2n) is 4.65. The Hall–Kier alpha value is 0.590. The molecule has 3 nitrogen and oxygen atoms in total. The molecule has 0 aliphatic rings. The molecular formula is C14H20I2O3S. The quantitative estimate of drug-likeness (QED) is 0.262. The van der Waals surface area contributed by atoms with E-state index in [1.165, 1.54) is 19.3 Å². The Bertz CT molecular complexity index is 495. The third-order valence-corrected chi connectivity index (χ3v) is 5.40. The van der Waals surface area contributed by atoms with Gasteiger partial charge in [0.2, 0.25) is 0 Å². The first-order valence-electron chi connectivity index (χ1n) is 6.81. The molecule has 0 bridgehead atoms. The normalized spacial score (nSPS) is 11.8. The fourth-order valence-corrected chi connectivity index (χ4v) is 5.17. The van der Waals surface area contributed by atoms with E-state index < -0.39 is 10.1 Å². The molecule has 0 aliphatic heterocycles. The van der Waals surface area contributed by atoms with Gasteiger partial charge >= 0.3 is 0 Å². The summed E-state index contributed by atoms with van der Waals surface area (Å²) in [5.41, 5.74) is 0. The number of benzene rings is 1. The molecule has 1 aromatic carbocycles. The maximum absolute atomic E-state index is 12.0. The van der Waals surface area contributed by atoms with Crippen LogP contribution in [-0.2, 0) is 14.3 Å². The summed E-state index contributed by atoms with van der Waals surface area (Å²) in [5, 5.41) is 0. The van der Waals surface area contributed by atoms with E-state index in [2.05, 4.69) is 52.1 Å². The molecule has 6 heteroatoms. The van der Waals surface area contributed by atoms with Crippen LogP contribution in [0.25, 0.3) is 0 Å². The Labute approximate surface area is 149 Å². The summed E-state index contributed by atoms with van der Waals surface area (Å²) in [6, 6.07) is 5.20. The molecule has 0 N–H and O–H groups in total. The molecule has 1 aromatic rings. The van der Waals surface area contributed by atoms with Gasteiger partial charge in [0.1, 0.15) is 0 Å². The van der Waals surface area contributed by atoms with E-state index in [4.69, 9.17) is 4.18 Å². The largest absolute Gasteiger partial charge is 0.297 e. The molecule has 20 heavy (non-hydrogen) atoms. The third kappa shape index (κ3) is 7.04. The van der Waals surface area contributed by atoms with Crippen molar-refractivity contribution in [3.8, 4) is 0 Å². The molecule has 0 spiro atoms. The molecule has 0 saturated carbocycles. The Morgan fingerprint density at radius 2 is 1.50 bits per heavy atom. The maximum atomic E-state index is 12.0. The lowest BCUT2D eigenvalue weighted by Gasteiger charge is -2.07. The fourth-order valence-electron chi connectivity index (χ4n) is 1.79. The minimum Gasteiger partial charge on any atom is -0.266 e. The van der Waals surface area contributed by atoms with E-state index in [0.29, 0.717) is 0 Å². The molecule has 0 unspecified atom stereocenters. The van der Waals surface area contributed by atoms with Crippen LogP contribution in [0.15, 0.2) is 23.1 Å². The summed E-state index contributed by atoms with van der Waals surface area (Å²) in [7, 11) is -3.61. The van der Waals surface area contributed by atoms with Crippen molar-refractivity contribution in [3.63, 3.8) is 0 Å². The fraction of sp³-hybridized carbons (Fsp3) is 0.571. The van der Waals surface area contributed by atoms with Crippen molar-refractivity contribution in [1.29, 1.82) is 0 Å². The molecule has 0 aromatic heterocycles. The van der Waals surface area contributed by atoms with Crippen LogP contribution < -0.4 is 0 Å². The van der Waals surface area contributed by atoms with Crippen LogP contribution in [0.2, 0.25) is 0 Å². The first-order chi connectivity index (χ1) is 9.45. The highest BCUT2D eigenvalue weighted by Crippen LogP contribution is 2.20. The zero-order chi connectivity index (χ0) is 15.0. The lowest BCUT2D eigenvalue weighted by Crippen LogP contribution is -2.08. The van der Waals surface area contributed by atoms with Crippen LogP contribution in [0.3, 0.4) is 0 Å². The molecular weight excluding hydrogens is 502 g/mol. The summed E-state index contributed by atoms with van der Waals surface area (Å²) < 4.78 is 31.0. The first kappa shape index (κ1) is 18.6. The van der Waals surface area contributed by atoms with Gasteiger partial charge in [0, 0.05) is 7.14 Å². The number of hydrogen-bond donors (Lipinski definition) is 0. The van der Waals surface area contributed by atoms with Crippen LogP contribution in [-0.4, -0.2) is 15.0 Å². The molecule has 0 aliphatic carbocycles. The van der Waals surface area contributed by atoms with Gasteiger partial charge < -0.3 is 0 Å². The number of rotatable bonds is 9. The summed E-state index contributed by atoms with van der Waals surface area (Å²) in [4.78, 5) is 0.250. The van der Waals surface area contributed by atoms with Crippen LogP contribution in [0, 0.1) is 7.14 Å². The molecule has 0 heterocycles. The third-order valence-electron chi connectivity index (χ3n) is 2.86. The highest BCUT2D eigenvalue weighted by atomic mass is 127. The van der Waals surface area contributed by atoms with Gasteiger partial charge in [-0.05, 0) is 69.8 Å². The topological polar surface area (TPSA) is 43.4 Å². The smallest absolute Gasteiger partial charge is 0.266 e. The predicted molar refractivity (Wildman–Crippen MR) is 98.4 cm³/mol. The van der Waals surface area contributed by atoms with Crippen molar-refractivity contribution in [2.24, 2.45) is 0 Å². The molecule has 1 rings (SSSR count). The average Bonchev–Trinajstić information content (AvgIpc) is 2.36. The minimum absolute atomic E-state index is 0.250. The van der Waals surface area contributed by atoms with Gasteiger partial charge in [0.25, 0.3) is 10.1 Å². The second-order valence-corrected chi connectivity index (χ2v) is 8.76. The molecule has 114 valence electrons. The average molecular weight is 522 g/mol. The van der Waals surface area contributed by atoms with Gasteiger partial charge in [-0.3, -0.25) is 4.18 Å². The molecule has 0 saturated heterocycles. The van der Waals surface area contributed by atoms with E-state index in [-0.39, 0.29) is 11.5 Å². The monoisotopic (exact) mass is 522 g/mol. The Kier molecular flexibility index (Phi) is 8.92. The lowest BCUT2D eigenvalue weighted by molar-refractivity contribution is 0.306. The van der Waals surface area contributed by atoms with Gasteiger partial charge in [0.15, 0.2) is 0 Å². The van der Waals surface area contributed by atoms with Crippen molar-refractivity contribution >= 4 is 55.3 Å². The van der Waals surface area contributed by atoms with Gasteiger partial charge in [-0.15, -0.1) is 0 Å². The maximum Gasteiger partial charge on any atom is 0.297 e. The Morgan fingerprint density at radius 1 is 0.950 bits per heavy atom. The van der Waals surface area contributed by atoms with Crippen LogP contribution >= 0.6 is 45.2 Å². The van der Waals surface area contributed by atoms with Crippen LogP contribution in [0.5, 0.6) is 0 Å². The molecule has 0 radical (unpaired) electrons. The zero-order valence-electron chi connectivity index (χ0n) is 11.6. The highest BCUT2D eigenvalue weighted by Gasteiger charge is 2.16. The van der Waals surface area contributed by atoms with E-state index in [0.717, 1.165) is 26.4 Å². The van der Waals surface area contributed by atoms with Crippen molar-refractivity contribution in [2.75, 3.05) is 6.61 Å². The molecule has 0 atom stereocenters. The minimum atomic E-state index is -3.61. The second kappa shape index (κ2) is 9.58. The van der Waals surface area contributed by atoms with Crippen molar-refractivity contribution < 1.29 is 12.6 Å². The summed E-state index contributed by atoms with van der Waals surface area (Å²) in [6.07, 6.45) is 6.66. The first-order valence-corrected chi connectivity index (χ1v) is 10.4. The van der Waals surface area contributed by atoms with E-state index in [1.807, 2.05) is 6.07 Å². The standard InChI is InChI=1S/C14H20I2O3S/c1-2-3-4-5-6-7-8-19-20(17,18)14-10-12(15)9-13(16)11-14/h9-11H,2-8H2,1H3. The van der Waals surface area contributed by atoms with Crippen molar-refractivity contribution in [1.82, 2.24) is 0 Å². The number of halogens is 2. The van der Waals surface area contributed by atoms with E-state index >= 15 is 0 Å². The summed E-state index contributed by atoms with van der Waals surface area (Å²) in [6.45, 7) is 2.45. The van der Waals surface area contributed by atoms with Gasteiger partial charge in [-0.25, -0.2) is 0 Å². The zero-order valence-corrected chi connectivity index (χ0v) is 16.7. The van der Waals surface area contributed by atoms with E-state index in [9.17, 15) is 8.42 Å². The lowest BCUT2D eigenvalue weighted by atomic mass is 10.1. The van der Waals surface area contributed by atoms with Crippen LogP contribution in [0.1, 0.15) is 45.4 Å². The van der Waals surface area contributed by atoms with Gasteiger partial charge in [-0.1, -0.05) is 39.0 Å². The highest BCUT2D eigenvalue weighted by molar-refractivity contribution is 14.1. The Balaban J connectivity index is 2.42. The van der Waals surface area contributed by atoms with Crippen molar-refractivity contribution in [3.05, 3.63) is 25.3 Å². The number of unbranched alkanes of at least 4 members (excludes halogenated alkanes) is 5. The van der Waals surface area contributed by atoms with Crippen LogP contribution in [0.4, 0.5) is 0 Å². The van der Waals surface area contributed by atoms with Gasteiger partial charge in [0.05, 0.1) is 11.5 Å². The molecule has 0 fully saturated rings. The van der Waals surface area contributed by atoms with E-state index in [1.54, 1.807) is 12.1 Å². The van der Waals surface area contributed by atoms with Crippen molar-refractivity contribution in [2.45, 2.75) is 50.3 Å². The summed E-state index contributed by atoms with van der Waals surface area (Å²) >= 11 is 4.22. The van der Waals surface area contributed by atoms with Gasteiger partial charge in [-0.2, -0.15) is 8.42 Å². The SMILES string of the molecule is CCCCCCCCOS(=O)(=O)c1cc(I)cc(I)c1. The summed E-state index contributed by atoms with van der Waals surface area (Å²) in [5.74, 6) is 0.